The van der Waals surface area contributed by atoms with Crippen molar-refractivity contribution in [2.75, 3.05) is 11.9 Å². The number of furan rings is 1. The van der Waals surface area contributed by atoms with E-state index in [1.807, 2.05) is 13.1 Å². The predicted molar refractivity (Wildman–Crippen MR) is 89.1 cm³/mol. The summed E-state index contributed by atoms with van der Waals surface area (Å²) < 4.78 is 12.6. The quantitative estimate of drug-likeness (QED) is 0.937. The molecule has 0 aromatic carbocycles. The van der Waals surface area contributed by atoms with Gasteiger partial charge in [0.2, 0.25) is 0 Å². The van der Waals surface area contributed by atoms with Crippen LogP contribution >= 0.6 is 0 Å². The third-order valence-electron chi connectivity index (χ3n) is 5.10. The van der Waals surface area contributed by atoms with E-state index >= 15 is 0 Å². The first-order chi connectivity index (χ1) is 11.7. The van der Waals surface area contributed by atoms with Gasteiger partial charge in [-0.1, -0.05) is 19.3 Å². The first-order valence-electron chi connectivity index (χ1n) is 8.74. The number of aromatic nitrogens is 2. The molecular weight excluding hydrogens is 306 g/mol. The molecule has 2 aliphatic rings. The van der Waals surface area contributed by atoms with Crippen molar-refractivity contribution >= 4 is 11.7 Å². The molecule has 2 aromatic rings. The number of carbonyl (C=O) groups excluding carboxylic acids is 1. The van der Waals surface area contributed by atoms with Crippen molar-refractivity contribution in [3.8, 4) is 0 Å². The molecule has 6 nitrogen and oxygen atoms in total. The lowest BCUT2D eigenvalue weighted by Gasteiger charge is -2.19. The minimum atomic E-state index is -0.212. The molecule has 128 valence electrons. The maximum atomic E-state index is 12.6. The van der Waals surface area contributed by atoms with Crippen LogP contribution in [0, 0.1) is 0 Å². The maximum Gasteiger partial charge on any atom is 0.292 e. The molecule has 4 rings (SSSR count). The highest BCUT2D eigenvalue weighted by Gasteiger charge is 2.24. The summed E-state index contributed by atoms with van der Waals surface area (Å²) >= 11 is 0. The third kappa shape index (κ3) is 2.86. The minimum Gasteiger partial charge on any atom is -0.458 e. The molecule has 24 heavy (non-hydrogen) atoms. The van der Waals surface area contributed by atoms with E-state index in [-0.39, 0.29) is 5.91 Å². The van der Waals surface area contributed by atoms with Crippen LogP contribution < -0.4 is 5.32 Å². The third-order valence-corrected chi connectivity index (χ3v) is 5.10. The Hall–Kier alpha value is -2.08. The Bertz CT molecular complexity index is 741. The summed E-state index contributed by atoms with van der Waals surface area (Å²) in [6.45, 7) is 1.15. The lowest BCUT2D eigenvalue weighted by molar-refractivity contribution is 0.0987. The fourth-order valence-corrected chi connectivity index (χ4v) is 3.74. The van der Waals surface area contributed by atoms with Crippen LogP contribution in [0.3, 0.4) is 0 Å². The number of aryl methyl sites for hydroxylation is 1. The fraction of sp³-hybridized carbons (Fsp3) is 0.556. The second kappa shape index (κ2) is 6.43. The Morgan fingerprint density at radius 3 is 3.00 bits per heavy atom. The minimum absolute atomic E-state index is 0.212. The summed E-state index contributed by atoms with van der Waals surface area (Å²) in [6.07, 6.45) is 8.58. The zero-order chi connectivity index (χ0) is 16.5. The lowest BCUT2D eigenvalue weighted by atomic mass is 9.87. The van der Waals surface area contributed by atoms with Gasteiger partial charge in [0.05, 0.1) is 25.2 Å². The molecule has 0 bridgehead atoms. The number of fused-ring (bicyclic) bond motifs is 1. The van der Waals surface area contributed by atoms with E-state index in [4.69, 9.17) is 9.15 Å². The first kappa shape index (κ1) is 15.4. The first-order valence-corrected chi connectivity index (χ1v) is 8.74. The van der Waals surface area contributed by atoms with Gasteiger partial charge >= 0.3 is 0 Å². The molecule has 2 aromatic heterocycles. The van der Waals surface area contributed by atoms with Crippen molar-refractivity contribution in [3.63, 3.8) is 0 Å². The highest BCUT2D eigenvalue weighted by molar-refractivity contribution is 6.03. The van der Waals surface area contributed by atoms with E-state index in [2.05, 4.69) is 10.4 Å². The highest BCUT2D eigenvalue weighted by atomic mass is 16.5. The molecule has 6 heteroatoms. The maximum absolute atomic E-state index is 12.6. The number of ether oxygens (including phenoxy) is 1. The van der Waals surface area contributed by atoms with E-state index in [0.29, 0.717) is 31.3 Å². The molecule has 1 saturated carbocycles. The molecule has 0 spiro atoms. The highest BCUT2D eigenvalue weighted by Crippen LogP contribution is 2.33. The van der Waals surface area contributed by atoms with Gasteiger partial charge in [-0.25, -0.2) is 0 Å². The van der Waals surface area contributed by atoms with Gasteiger partial charge in [0.1, 0.15) is 5.82 Å². The Morgan fingerprint density at radius 1 is 1.33 bits per heavy atom. The van der Waals surface area contributed by atoms with Crippen LogP contribution in [-0.4, -0.2) is 22.3 Å². The molecule has 1 fully saturated rings. The van der Waals surface area contributed by atoms with Gasteiger partial charge < -0.3 is 14.5 Å². The Labute approximate surface area is 141 Å². The van der Waals surface area contributed by atoms with Gasteiger partial charge in [0, 0.05) is 36.6 Å². The number of carbonyl (C=O) groups is 1. The van der Waals surface area contributed by atoms with Crippen LogP contribution in [0.15, 0.2) is 16.7 Å². The monoisotopic (exact) mass is 329 g/mol. The Kier molecular flexibility index (Phi) is 4.14. The number of hydrogen-bond donors (Lipinski definition) is 1. The lowest BCUT2D eigenvalue weighted by Crippen LogP contribution is -2.17. The molecule has 1 aliphatic carbocycles. The predicted octanol–water partition coefficient (Wildman–Crippen LogP) is 3.39. The second-order valence-electron chi connectivity index (χ2n) is 6.74. The largest absolute Gasteiger partial charge is 0.458 e. The van der Waals surface area contributed by atoms with Gasteiger partial charge in [-0.15, -0.1) is 0 Å². The summed E-state index contributed by atoms with van der Waals surface area (Å²) in [4.78, 5) is 12.6. The van der Waals surface area contributed by atoms with Crippen molar-refractivity contribution in [1.29, 1.82) is 0 Å². The van der Waals surface area contributed by atoms with Crippen LogP contribution in [-0.2, 0) is 24.8 Å². The summed E-state index contributed by atoms with van der Waals surface area (Å²) in [6, 6.07) is 2.01. The number of hydrogen-bond acceptors (Lipinski definition) is 4. The zero-order valence-corrected chi connectivity index (χ0v) is 14.0. The SMILES string of the molecule is Cn1nc(C2CCCCC2)cc1NC(=O)c1occ2c1CCOC2. The molecule has 3 heterocycles. The number of rotatable bonds is 3. The van der Waals surface area contributed by atoms with E-state index in [9.17, 15) is 4.79 Å². The van der Waals surface area contributed by atoms with Crippen LogP contribution in [0.4, 0.5) is 5.82 Å². The standard InChI is InChI=1S/C18H23N3O3/c1-21-16(9-15(20-21)12-5-3-2-4-6-12)19-18(22)17-14-7-8-23-10-13(14)11-24-17/h9,11-12H,2-8,10H2,1H3,(H,19,22). The van der Waals surface area contributed by atoms with Crippen molar-refractivity contribution < 1.29 is 13.9 Å². The Balaban J connectivity index is 1.51. The Morgan fingerprint density at radius 2 is 2.17 bits per heavy atom. The molecule has 0 unspecified atom stereocenters. The van der Waals surface area contributed by atoms with Gasteiger partial charge in [-0.2, -0.15) is 5.10 Å². The molecule has 1 aliphatic heterocycles. The normalized spacial score (nSPS) is 18.4. The number of anilines is 1. The molecular formula is C18H23N3O3. The van der Waals surface area contributed by atoms with Crippen molar-refractivity contribution in [2.24, 2.45) is 7.05 Å². The molecule has 0 atom stereocenters. The molecule has 1 N–H and O–H groups in total. The molecule has 1 amide bonds. The molecule has 0 saturated heterocycles. The van der Waals surface area contributed by atoms with E-state index < -0.39 is 0 Å². The smallest absolute Gasteiger partial charge is 0.292 e. The second-order valence-corrected chi connectivity index (χ2v) is 6.74. The fourth-order valence-electron chi connectivity index (χ4n) is 3.74. The van der Waals surface area contributed by atoms with Crippen molar-refractivity contribution in [3.05, 3.63) is 34.9 Å². The van der Waals surface area contributed by atoms with E-state index in [0.717, 1.165) is 22.6 Å². The number of amides is 1. The van der Waals surface area contributed by atoms with Gasteiger partial charge in [-0.05, 0) is 12.8 Å². The van der Waals surface area contributed by atoms with Crippen LogP contribution in [0.2, 0.25) is 0 Å². The zero-order valence-electron chi connectivity index (χ0n) is 14.0. The van der Waals surface area contributed by atoms with Crippen LogP contribution in [0.1, 0.15) is 65.4 Å². The van der Waals surface area contributed by atoms with Gasteiger partial charge in [0.25, 0.3) is 5.91 Å². The van der Waals surface area contributed by atoms with Gasteiger partial charge in [0.15, 0.2) is 5.76 Å². The van der Waals surface area contributed by atoms with E-state index in [1.165, 1.54) is 32.1 Å². The van der Waals surface area contributed by atoms with E-state index in [1.54, 1.807) is 10.9 Å². The van der Waals surface area contributed by atoms with Gasteiger partial charge in [-0.3, -0.25) is 9.48 Å². The van der Waals surface area contributed by atoms with Crippen LogP contribution in [0.25, 0.3) is 0 Å². The summed E-state index contributed by atoms with van der Waals surface area (Å²) in [7, 11) is 1.87. The number of nitrogens with one attached hydrogen (secondary N) is 1. The topological polar surface area (TPSA) is 69.3 Å². The van der Waals surface area contributed by atoms with Crippen LogP contribution in [0.5, 0.6) is 0 Å². The average Bonchev–Trinajstić information content (AvgIpc) is 3.20. The molecule has 0 radical (unpaired) electrons. The number of nitrogens with zero attached hydrogens (tertiary/aromatic N) is 2. The van der Waals surface area contributed by atoms with Crippen molar-refractivity contribution in [1.82, 2.24) is 9.78 Å². The van der Waals surface area contributed by atoms with Crippen molar-refractivity contribution in [2.45, 2.75) is 51.0 Å². The summed E-state index contributed by atoms with van der Waals surface area (Å²) in [5.74, 6) is 1.42. The average molecular weight is 329 g/mol. The summed E-state index contributed by atoms with van der Waals surface area (Å²) in [5, 5.41) is 7.56. The summed E-state index contributed by atoms with van der Waals surface area (Å²) in [5.41, 5.74) is 3.02.